The fourth-order valence-electron chi connectivity index (χ4n) is 1.75. The van der Waals surface area contributed by atoms with Crippen LogP contribution < -0.4 is 5.32 Å². The van der Waals surface area contributed by atoms with E-state index in [4.69, 9.17) is 0 Å². The van der Waals surface area contributed by atoms with Crippen LogP contribution in [-0.4, -0.2) is 25.7 Å². The zero-order valence-corrected chi connectivity index (χ0v) is 10.8. The SMILES string of the molecule is Cc1cc(C(=O)Nc2ccc([N+](=O)[O-])cc2O)n(C)n1. The first kappa shape index (κ1) is 13.5. The van der Waals surface area contributed by atoms with Crippen molar-refractivity contribution in [3.05, 3.63) is 45.8 Å². The number of carbonyl (C=O) groups excluding carboxylic acids is 1. The minimum Gasteiger partial charge on any atom is -0.506 e. The van der Waals surface area contributed by atoms with Crippen LogP contribution in [0.15, 0.2) is 24.3 Å². The molecule has 0 aliphatic heterocycles. The molecule has 1 heterocycles. The zero-order chi connectivity index (χ0) is 14.9. The van der Waals surface area contributed by atoms with E-state index < -0.39 is 10.8 Å². The van der Waals surface area contributed by atoms with Crippen LogP contribution in [0.4, 0.5) is 11.4 Å². The number of nitro benzene ring substituents is 1. The smallest absolute Gasteiger partial charge is 0.274 e. The minimum atomic E-state index is -0.629. The number of amides is 1. The average molecular weight is 276 g/mol. The van der Waals surface area contributed by atoms with Gasteiger partial charge in [-0.1, -0.05) is 0 Å². The van der Waals surface area contributed by atoms with E-state index in [2.05, 4.69) is 10.4 Å². The van der Waals surface area contributed by atoms with E-state index in [1.165, 1.54) is 16.8 Å². The van der Waals surface area contributed by atoms with E-state index in [0.717, 1.165) is 6.07 Å². The van der Waals surface area contributed by atoms with Crippen LogP contribution in [0.5, 0.6) is 5.75 Å². The lowest BCUT2D eigenvalue weighted by molar-refractivity contribution is -0.384. The standard InChI is InChI=1S/C12H12N4O4/c1-7-5-10(15(2)14-7)12(18)13-9-4-3-8(16(19)20)6-11(9)17/h3-6,17H,1-2H3,(H,13,18). The van der Waals surface area contributed by atoms with Crippen LogP contribution in [0.2, 0.25) is 0 Å². The van der Waals surface area contributed by atoms with E-state index in [9.17, 15) is 20.0 Å². The minimum absolute atomic E-state index is 0.0967. The number of anilines is 1. The first-order valence-electron chi connectivity index (χ1n) is 5.68. The van der Waals surface area contributed by atoms with Gasteiger partial charge in [0, 0.05) is 13.1 Å². The maximum Gasteiger partial charge on any atom is 0.274 e. The third-order valence-corrected chi connectivity index (χ3v) is 2.67. The normalized spacial score (nSPS) is 10.3. The highest BCUT2D eigenvalue weighted by atomic mass is 16.6. The molecule has 2 N–H and O–H groups in total. The molecule has 1 aromatic heterocycles. The second-order valence-corrected chi connectivity index (χ2v) is 4.21. The van der Waals surface area contributed by atoms with Gasteiger partial charge in [-0.2, -0.15) is 5.10 Å². The number of carbonyl (C=O) groups is 1. The molecular weight excluding hydrogens is 264 g/mol. The Kier molecular flexibility index (Phi) is 3.38. The van der Waals surface area contributed by atoms with Crippen LogP contribution in [0.25, 0.3) is 0 Å². The van der Waals surface area contributed by atoms with Crippen LogP contribution in [0.3, 0.4) is 0 Å². The molecule has 0 atom stereocenters. The van der Waals surface area contributed by atoms with Crippen molar-refractivity contribution < 1.29 is 14.8 Å². The van der Waals surface area contributed by atoms with Crippen molar-refractivity contribution in [2.75, 3.05) is 5.32 Å². The van der Waals surface area contributed by atoms with Gasteiger partial charge in [-0.15, -0.1) is 0 Å². The number of phenols is 1. The summed E-state index contributed by atoms with van der Waals surface area (Å²) in [5, 5.41) is 26.7. The van der Waals surface area contributed by atoms with Crippen molar-refractivity contribution >= 4 is 17.3 Å². The van der Waals surface area contributed by atoms with Gasteiger partial charge in [0.05, 0.1) is 22.4 Å². The summed E-state index contributed by atoms with van der Waals surface area (Å²) < 4.78 is 1.41. The fourth-order valence-corrected chi connectivity index (χ4v) is 1.75. The van der Waals surface area contributed by atoms with Gasteiger partial charge in [0.1, 0.15) is 11.4 Å². The highest BCUT2D eigenvalue weighted by Crippen LogP contribution is 2.28. The van der Waals surface area contributed by atoms with Gasteiger partial charge in [0.25, 0.3) is 11.6 Å². The Balaban J connectivity index is 2.24. The summed E-state index contributed by atoms with van der Waals surface area (Å²) in [7, 11) is 1.62. The Morgan fingerprint density at radius 2 is 2.15 bits per heavy atom. The molecule has 2 rings (SSSR count). The fraction of sp³-hybridized carbons (Fsp3) is 0.167. The molecule has 8 nitrogen and oxygen atoms in total. The van der Waals surface area contributed by atoms with Crippen molar-refractivity contribution in [2.45, 2.75) is 6.92 Å². The molecular formula is C12H12N4O4. The molecule has 104 valence electrons. The van der Waals surface area contributed by atoms with Crippen LogP contribution in [-0.2, 0) is 7.05 Å². The zero-order valence-electron chi connectivity index (χ0n) is 10.8. The lowest BCUT2D eigenvalue weighted by Crippen LogP contribution is -2.16. The van der Waals surface area contributed by atoms with Gasteiger partial charge in [-0.05, 0) is 19.1 Å². The summed E-state index contributed by atoms with van der Waals surface area (Å²) in [5.41, 5.74) is 0.849. The summed E-state index contributed by atoms with van der Waals surface area (Å²) >= 11 is 0. The van der Waals surface area contributed by atoms with Crippen molar-refractivity contribution in [2.24, 2.45) is 7.05 Å². The van der Waals surface area contributed by atoms with Gasteiger partial charge in [-0.3, -0.25) is 19.6 Å². The third kappa shape index (κ3) is 2.58. The molecule has 0 spiro atoms. The summed E-state index contributed by atoms with van der Waals surface area (Å²) in [6.45, 7) is 1.75. The van der Waals surface area contributed by atoms with Crippen molar-refractivity contribution in [3.63, 3.8) is 0 Å². The molecule has 0 saturated heterocycles. The van der Waals surface area contributed by atoms with Crippen LogP contribution in [0.1, 0.15) is 16.2 Å². The maximum atomic E-state index is 12.0. The Morgan fingerprint density at radius 3 is 2.65 bits per heavy atom. The van der Waals surface area contributed by atoms with Gasteiger partial charge >= 0.3 is 0 Å². The van der Waals surface area contributed by atoms with Crippen molar-refractivity contribution in [1.82, 2.24) is 9.78 Å². The Bertz CT molecular complexity index is 693. The molecule has 0 bridgehead atoms. The maximum absolute atomic E-state index is 12.0. The number of nitrogens with zero attached hydrogens (tertiary/aromatic N) is 3. The number of nitrogens with one attached hydrogen (secondary N) is 1. The molecule has 20 heavy (non-hydrogen) atoms. The molecule has 1 amide bonds. The summed E-state index contributed by atoms with van der Waals surface area (Å²) in [6.07, 6.45) is 0. The number of nitro groups is 1. The number of rotatable bonds is 3. The van der Waals surface area contributed by atoms with Crippen LogP contribution >= 0.6 is 0 Å². The molecule has 1 aromatic carbocycles. The molecule has 0 aliphatic rings. The number of aryl methyl sites for hydroxylation is 2. The van der Waals surface area contributed by atoms with Crippen molar-refractivity contribution in [3.8, 4) is 5.75 Å². The predicted octanol–water partition coefficient (Wildman–Crippen LogP) is 1.59. The summed E-state index contributed by atoms with van der Waals surface area (Å²) in [4.78, 5) is 21.9. The van der Waals surface area contributed by atoms with E-state index in [0.29, 0.717) is 11.4 Å². The van der Waals surface area contributed by atoms with E-state index in [-0.39, 0.29) is 17.1 Å². The second-order valence-electron chi connectivity index (χ2n) is 4.21. The van der Waals surface area contributed by atoms with Gasteiger partial charge in [0.15, 0.2) is 0 Å². The monoisotopic (exact) mass is 276 g/mol. The Morgan fingerprint density at radius 1 is 1.45 bits per heavy atom. The number of non-ortho nitro benzene ring substituents is 1. The van der Waals surface area contributed by atoms with Gasteiger partial charge in [0.2, 0.25) is 0 Å². The summed E-state index contributed by atoms with van der Waals surface area (Å²) in [5.74, 6) is -0.830. The average Bonchev–Trinajstić information content (AvgIpc) is 2.70. The number of aromatic hydroxyl groups is 1. The number of phenolic OH excluding ortho intramolecular Hbond substituents is 1. The first-order chi connectivity index (χ1) is 9.38. The van der Waals surface area contributed by atoms with Gasteiger partial charge in [-0.25, -0.2) is 0 Å². The molecule has 0 fully saturated rings. The highest BCUT2D eigenvalue weighted by molar-refractivity contribution is 6.04. The lowest BCUT2D eigenvalue weighted by Gasteiger charge is -2.07. The topological polar surface area (TPSA) is 110 Å². The molecule has 0 unspecified atom stereocenters. The van der Waals surface area contributed by atoms with E-state index in [1.807, 2.05) is 0 Å². The number of hydrogen-bond donors (Lipinski definition) is 2. The highest BCUT2D eigenvalue weighted by Gasteiger charge is 2.15. The van der Waals surface area contributed by atoms with E-state index in [1.54, 1.807) is 20.0 Å². The Hall–Kier alpha value is -2.90. The largest absolute Gasteiger partial charge is 0.506 e. The lowest BCUT2D eigenvalue weighted by atomic mass is 10.2. The molecule has 0 radical (unpaired) electrons. The number of aromatic nitrogens is 2. The quantitative estimate of drug-likeness (QED) is 0.502. The van der Waals surface area contributed by atoms with Gasteiger partial charge < -0.3 is 10.4 Å². The third-order valence-electron chi connectivity index (χ3n) is 2.67. The Labute approximate surface area is 113 Å². The van der Waals surface area contributed by atoms with Crippen molar-refractivity contribution in [1.29, 1.82) is 0 Å². The number of benzene rings is 1. The van der Waals surface area contributed by atoms with Crippen LogP contribution in [0, 0.1) is 17.0 Å². The molecule has 0 aliphatic carbocycles. The molecule has 8 heteroatoms. The summed E-state index contributed by atoms with van der Waals surface area (Å²) in [6, 6.07) is 5.04. The molecule has 0 saturated carbocycles. The first-order valence-corrected chi connectivity index (χ1v) is 5.68. The second kappa shape index (κ2) is 5.00. The predicted molar refractivity (Wildman–Crippen MR) is 70.7 cm³/mol. The van der Waals surface area contributed by atoms with E-state index >= 15 is 0 Å². The molecule has 2 aromatic rings. The number of hydrogen-bond acceptors (Lipinski definition) is 5.